The smallest absolute Gasteiger partial charge is 0.317 e. The summed E-state index contributed by atoms with van der Waals surface area (Å²) in [5, 5.41) is 2.87. The number of rotatable bonds is 6. The van der Waals surface area contributed by atoms with E-state index in [2.05, 4.69) is 10.3 Å². The molecule has 0 spiro atoms. The zero-order valence-corrected chi connectivity index (χ0v) is 13.7. The molecular formula is C15H23N3O3S. The lowest BCUT2D eigenvalue weighted by molar-refractivity contribution is 0.184. The van der Waals surface area contributed by atoms with Gasteiger partial charge in [-0.05, 0) is 38.3 Å². The minimum atomic E-state index is -2.98. The van der Waals surface area contributed by atoms with Crippen LogP contribution in [0.3, 0.4) is 0 Å². The van der Waals surface area contributed by atoms with Gasteiger partial charge in [0.05, 0.1) is 11.5 Å². The number of pyridine rings is 1. The predicted molar refractivity (Wildman–Crippen MR) is 85.4 cm³/mol. The molecule has 1 N–H and O–H groups in total. The van der Waals surface area contributed by atoms with Crippen molar-refractivity contribution in [1.82, 2.24) is 15.2 Å². The van der Waals surface area contributed by atoms with Crippen LogP contribution in [0, 0.1) is 0 Å². The number of hydrogen-bond donors (Lipinski definition) is 1. The van der Waals surface area contributed by atoms with Gasteiger partial charge in [0.15, 0.2) is 9.84 Å². The third-order valence-electron chi connectivity index (χ3n) is 3.86. The lowest BCUT2D eigenvalue weighted by atomic mass is 10.2. The second kappa shape index (κ2) is 7.58. The predicted octanol–water partition coefficient (Wildman–Crippen LogP) is 1.23. The Morgan fingerprint density at radius 2 is 2.27 bits per heavy atom. The van der Waals surface area contributed by atoms with Gasteiger partial charge in [-0.15, -0.1) is 0 Å². The zero-order chi connectivity index (χ0) is 16.0. The summed E-state index contributed by atoms with van der Waals surface area (Å²) in [6.45, 7) is 2.95. The molecule has 1 aromatic heterocycles. The van der Waals surface area contributed by atoms with E-state index in [1.807, 2.05) is 25.1 Å². The van der Waals surface area contributed by atoms with E-state index in [0.29, 0.717) is 19.5 Å². The molecule has 1 aromatic rings. The van der Waals surface area contributed by atoms with Crippen molar-refractivity contribution < 1.29 is 13.2 Å². The molecule has 7 heteroatoms. The monoisotopic (exact) mass is 325 g/mol. The molecular weight excluding hydrogens is 302 g/mol. The van der Waals surface area contributed by atoms with E-state index in [-0.39, 0.29) is 23.6 Å². The van der Waals surface area contributed by atoms with Crippen molar-refractivity contribution in [3.05, 3.63) is 30.1 Å². The summed E-state index contributed by atoms with van der Waals surface area (Å²) in [6.07, 6.45) is 3.92. The Hall–Kier alpha value is -1.63. The lowest BCUT2D eigenvalue weighted by Crippen LogP contribution is -2.46. The van der Waals surface area contributed by atoms with Crippen molar-refractivity contribution in [2.75, 3.05) is 24.6 Å². The minimum absolute atomic E-state index is 0.0855. The van der Waals surface area contributed by atoms with Gasteiger partial charge in [-0.3, -0.25) is 4.98 Å². The number of urea groups is 1. The van der Waals surface area contributed by atoms with Crippen LogP contribution in [0.2, 0.25) is 0 Å². The molecule has 0 unspecified atom stereocenters. The van der Waals surface area contributed by atoms with Crippen LogP contribution in [0.4, 0.5) is 4.79 Å². The normalized spacial score (nSPS) is 19.8. The average Bonchev–Trinajstić information content (AvgIpc) is 2.85. The summed E-state index contributed by atoms with van der Waals surface area (Å²) < 4.78 is 23.1. The number of aromatic nitrogens is 1. The van der Waals surface area contributed by atoms with Gasteiger partial charge >= 0.3 is 6.03 Å². The Morgan fingerprint density at radius 1 is 1.45 bits per heavy atom. The van der Waals surface area contributed by atoms with Crippen LogP contribution in [-0.4, -0.2) is 55.0 Å². The maximum atomic E-state index is 12.2. The van der Waals surface area contributed by atoms with E-state index in [1.54, 1.807) is 11.1 Å². The van der Waals surface area contributed by atoms with E-state index in [0.717, 1.165) is 18.5 Å². The van der Waals surface area contributed by atoms with Crippen LogP contribution >= 0.6 is 0 Å². The molecule has 0 aliphatic carbocycles. The Kier molecular flexibility index (Phi) is 5.76. The average molecular weight is 325 g/mol. The van der Waals surface area contributed by atoms with Crippen molar-refractivity contribution in [2.45, 2.75) is 32.2 Å². The number of amides is 2. The maximum Gasteiger partial charge on any atom is 0.317 e. The van der Waals surface area contributed by atoms with Crippen LogP contribution < -0.4 is 5.32 Å². The number of nitrogens with zero attached hydrogens (tertiary/aromatic N) is 2. The lowest BCUT2D eigenvalue weighted by Gasteiger charge is -2.27. The summed E-state index contributed by atoms with van der Waals surface area (Å²) in [7, 11) is -2.98. The highest BCUT2D eigenvalue weighted by Crippen LogP contribution is 2.17. The molecule has 0 radical (unpaired) electrons. The molecule has 22 heavy (non-hydrogen) atoms. The first-order valence-corrected chi connectivity index (χ1v) is 9.49. The van der Waals surface area contributed by atoms with Crippen molar-refractivity contribution in [3.63, 3.8) is 0 Å². The van der Waals surface area contributed by atoms with E-state index in [4.69, 9.17) is 0 Å². The number of carbonyl (C=O) groups excluding carboxylic acids is 1. The Morgan fingerprint density at radius 3 is 2.86 bits per heavy atom. The summed E-state index contributed by atoms with van der Waals surface area (Å²) in [6, 6.07) is 5.42. The first kappa shape index (κ1) is 16.7. The van der Waals surface area contributed by atoms with E-state index < -0.39 is 9.84 Å². The Bertz CT molecular complexity index is 589. The van der Waals surface area contributed by atoms with Gasteiger partial charge in [-0.25, -0.2) is 13.2 Å². The van der Waals surface area contributed by atoms with Gasteiger partial charge in [0.2, 0.25) is 0 Å². The Balaban J connectivity index is 1.75. The molecule has 1 atom stereocenters. The van der Waals surface area contributed by atoms with Crippen molar-refractivity contribution in [1.29, 1.82) is 0 Å². The fourth-order valence-corrected chi connectivity index (χ4v) is 4.43. The topological polar surface area (TPSA) is 79.4 Å². The van der Waals surface area contributed by atoms with Gasteiger partial charge in [-0.1, -0.05) is 6.07 Å². The van der Waals surface area contributed by atoms with Crippen LogP contribution in [0.1, 0.15) is 25.5 Å². The molecule has 2 amide bonds. The Labute approximate surface area is 131 Å². The summed E-state index contributed by atoms with van der Waals surface area (Å²) >= 11 is 0. The van der Waals surface area contributed by atoms with Gasteiger partial charge in [-0.2, -0.15) is 0 Å². The van der Waals surface area contributed by atoms with Gasteiger partial charge < -0.3 is 10.2 Å². The first-order chi connectivity index (χ1) is 10.5. The van der Waals surface area contributed by atoms with E-state index in [1.165, 1.54) is 0 Å². The highest BCUT2D eigenvalue weighted by molar-refractivity contribution is 7.91. The fourth-order valence-electron chi connectivity index (χ4n) is 2.70. The van der Waals surface area contributed by atoms with E-state index >= 15 is 0 Å². The number of sulfone groups is 1. The molecule has 1 saturated heterocycles. The van der Waals surface area contributed by atoms with Crippen LogP contribution in [0.5, 0.6) is 0 Å². The summed E-state index contributed by atoms with van der Waals surface area (Å²) in [4.78, 5) is 18.1. The maximum absolute atomic E-state index is 12.2. The van der Waals surface area contributed by atoms with Gasteiger partial charge in [0.1, 0.15) is 0 Å². The van der Waals surface area contributed by atoms with Crippen LogP contribution in [0.15, 0.2) is 24.4 Å². The molecule has 6 nitrogen and oxygen atoms in total. The molecule has 1 aliphatic heterocycles. The van der Waals surface area contributed by atoms with Crippen molar-refractivity contribution in [2.24, 2.45) is 0 Å². The molecule has 0 saturated carbocycles. The number of nitrogens with one attached hydrogen (secondary N) is 1. The number of hydrogen-bond acceptors (Lipinski definition) is 4. The molecule has 1 aliphatic rings. The van der Waals surface area contributed by atoms with E-state index in [9.17, 15) is 13.2 Å². The number of aryl methyl sites for hydroxylation is 1. The molecule has 122 valence electrons. The summed E-state index contributed by atoms with van der Waals surface area (Å²) in [5.74, 6) is 0.267. The zero-order valence-electron chi connectivity index (χ0n) is 12.9. The molecule has 0 bridgehead atoms. The van der Waals surface area contributed by atoms with Crippen LogP contribution in [-0.2, 0) is 16.3 Å². The summed E-state index contributed by atoms with van der Waals surface area (Å²) in [5.41, 5.74) is 1.01. The number of carbonyl (C=O) groups is 1. The SMILES string of the molecule is CCN(C(=O)NCCCc1ccccn1)[C@H]1CCS(=O)(=O)C1. The second-order valence-electron chi connectivity index (χ2n) is 5.50. The largest absolute Gasteiger partial charge is 0.338 e. The van der Waals surface area contributed by atoms with Gasteiger partial charge in [0, 0.05) is 31.0 Å². The molecule has 2 rings (SSSR count). The molecule has 1 fully saturated rings. The second-order valence-corrected chi connectivity index (χ2v) is 7.73. The third-order valence-corrected chi connectivity index (χ3v) is 5.61. The van der Waals surface area contributed by atoms with Crippen LogP contribution in [0.25, 0.3) is 0 Å². The fraction of sp³-hybridized carbons (Fsp3) is 0.600. The molecule has 2 heterocycles. The minimum Gasteiger partial charge on any atom is -0.338 e. The highest BCUT2D eigenvalue weighted by Gasteiger charge is 2.33. The molecule has 0 aromatic carbocycles. The standard InChI is InChI=1S/C15H23N3O3S/c1-2-18(14-8-11-22(20,21)12-14)15(19)17-10-5-7-13-6-3-4-9-16-13/h3-4,6,9,14H,2,5,7-8,10-12H2,1H3,(H,17,19)/t14-/m0/s1. The third kappa shape index (κ3) is 4.69. The van der Waals surface area contributed by atoms with Crippen molar-refractivity contribution >= 4 is 15.9 Å². The first-order valence-electron chi connectivity index (χ1n) is 7.66. The quantitative estimate of drug-likeness (QED) is 0.798. The van der Waals surface area contributed by atoms with Crippen molar-refractivity contribution in [3.8, 4) is 0 Å². The van der Waals surface area contributed by atoms with Gasteiger partial charge in [0.25, 0.3) is 0 Å². The highest BCUT2D eigenvalue weighted by atomic mass is 32.2.